The molecule has 0 aliphatic rings. The van der Waals surface area contributed by atoms with Crippen LogP contribution in [0.25, 0.3) is 66.4 Å². The second-order valence-corrected chi connectivity index (χ2v) is 8.12. The Morgan fingerprint density at radius 2 is 0.735 bits per heavy atom. The van der Waals surface area contributed by atoms with E-state index in [1.165, 1.54) is 0 Å². The first kappa shape index (κ1) is 18.7. The van der Waals surface area contributed by atoms with Gasteiger partial charge in [-0.2, -0.15) is 0 Å². The summed E-state index contributed by atoms with van der Waals surface area (Å²) < 4.78 is 0. The number of fused-ring (bicyclic) bond motifs is 6. The predicted molar refractivity (Wildman–Crippen MR) is 134 cm³/mol. The Morgan fingerprint density at radius 3 is 1.18 bits per heavy atom. The molecule has 0 amide bonds. The van der Waals surface area contributed by atoms with E-state index in [0.717, 1.165) is 55.0 Å². The first-order valence-electron chi connectivity index (χ1n) is 11.0. The Kier molecular flexibility index (Phi) is 4.04. The van der Waals surface area contributed by atoms with Crippen molar-refractivity contribution in [2.75, 3.05) is 0 Å². The number of nitrogens with zero attached hydrogens (tertiary/aromatic N) is 6. The van der Waals surface area contributed by atoms with Crippen LogP contribution in [0.5, 0.6) is 0 Å². The van der Waals surface area contributed by atoms with Gasteiger partial charge in [0.25, 0.3) is 0 Å². The maximum atomic E-state index is 4.86. The second kappa shape index (κ2) is 7.35. The highest BCUT2D eigenvalue weighted by Crippen LogP contribution is 2.27. The van der Waals surface area contributed by atoms with E-state index in [2.05, 4.69) is 44.4 Å². The molecule has 0 saturated heterocycles. The van der Waals surface area contributed by atoms with Gasteiger partial charge in [0.15, 0.2) is 0 Å². The van der Waals surface area contributed by atoms with Gasteiger partial charge in [-0.15, -0.1) is 10.2 Å². The Morgan fingerprint density at radius 1 is 0.353 bits per heavy atom. The van der Waals surface area contributed by atoms with Crippen LogP contribution in [-0.4, -0.2) is 30.1 Å². The molecule has 0 aliphatic carbocycles. The van der Waals surface area contributed by atoms with Gasteiger partial charge in [0.05, 0.1) is 33.5 Å². The van der Waals surface area contributed by atoms with Gasteiger partial charge in [-0.1, -0.05) is 48.5 Å². The lowest BCUT2D eigenvalue weighted by Gasteiger charge is -2.07. The standard InChI is InChI=1S/C28H16N6/c1-3-17-5-7-19-9-11-21(31-27(19)25(17)29-15-1)23-13-14-24(34-33-23)22-12-10-20-8-6-18-4-2-16-30-26(18)28(20)32-22/h1-16H. The molecule has 7 rings (SSSR count). The van der Waals surface area contributed by atoms with Crippen molar-refractivity contribution in [3.8, 4) is 22.8 Å². The molecule has 34 heavy (non-hydrogen) atoms. The van der Waals surface area contributed by atoms with E-state index in [-0.39, 0.29) is 0 Å². The maximum absolute atomic E-state index is 4.86. The fourth-order valence-electron chi connectivity index (χ4n) is 4.34. The summed E-state index contributed by atoms with van der Waals surface area (Å²) in [6, 6.07) is 28.1. The van der Waals surface area contributed by atoms with Crippen molar-refractivity contribution in [2.45, 2.75) is 0 Å². The van der Waals surface area contributed by atoms with Gasteiger partial charge in [0.1, 0.15) is 11.4 Å². The van der Waals surface area contributed by atoms with Crippen molar-refractivity contribution in [3.05, 3.63) is 97.3 Å². The fraction of sp³-hybridized carbons (Fsp3) is 0. The lowest BCUT2D eigenvalue weighted by molar-refractivity contribution is 1.03. The number of aromatic nitrogens is 6. The fourth-order valence-corrected chi connectivity index (χ4v) is 4.34. The molecular weight excluding hydrogens is 420 g/mol. The SMILES string of the molecule is c1cnc2c(c1)ccc1ccc(-c3ccc(-c4ccc5ccc6cccnc6c5n4)nn3)nc12. The summed E-state index contributed by atoms with van der Waals surface area (Å²) in [4.78, 5) is 18.8. The van der Waals surface area contributed by atoms with Gasteiger partial charge in [-0.3, -0.25) is 9.97 Å². The molecule has 6 heteroatoms. The number of rotatable bonds is 2. The Bertz CT molecular complexity index is 1720. The minimum absolute atomic E-state index is 0.700. The van der Waals surface area contributed by atoms with Gasteiger partial charge in [0, 0.05) is 33.9 Å². The summed E-state index contributed by atoms with van der Waals surface area (Å²) in [5.74, 6) is 0. The smallest absolute Gasteiger partial charge is 0.111 e. The van der Waals surface area contributed by atoms with Crippen LogP contribution in [0, 0.1) is 0 Å². The zero-order chi connectivity index (χ0) is 22.5. The van der Waals surface area contributed by atoms with Crippen LogP contribution in [0.2, 0.25) is 0 Å². The van der Waals surface area contributed by atoms with Crippen molar-refractivity contribution in [3.63, 3.8) is 0 Å². The summed E-state index contributed by atoms with van der Waals surface area (Å²) in [6.07, 6.45) is 3.58. The molecule has 7 aromatic rings. The van der Waals surface area contributed by atoms with E-state index in [4.69, 9.17) is 9.97 Å². The van der Waals surface area contributed by atoms with Crippen molar-refractivity contribution in [1.29, 1.82) is 0 Å². The maximum Gasteiger partial charge on any atom is 0.111 e. The van der Waals surface area contributed by atoms with Gasteiger partial charge in [0.2, 0.25) is 0 Å². The van der Waals surface area contributed by atoms with Crippen LogP contribution in [0.15, 0.2) is 97.3 Å². The zero-order valence-electron chi connectivity index (χ0n) is 17.9. The number of benzene rings is 2. The van der Waals surface area contributed by atoms with Gasteiger partial charge in [-0.25, -0.2) is 9.97 Å². The summed E-state index contributed by atoms with van der Waals surface area (Å²) in [5, 5.41) is 13.1. The summed E-state index contributed by atoms with van der Waals surface area (Å²) in [7, 11) is 0. The molecule has 158 valence electrons. The molecule has 0 bridgehead atoms. The minimum Gasteiger partial charge on any atom is -0.254 e. The van der Waals surface area contributed by atoms with Gasteiger partial charge >= 0.3 is 0 Å². The third kappa shape index (κ3) is 2.97. The topological polar surface area (TPSA) is 77.3 Å². The Labute approximate surface area is 194 Å². The van der Waals surface area contributed by atoms with E-state index in [9.17, 15) is 0 Å². The third-order valence-electron chi connectivity index (χ3n) is 6.05. The van der Waals surface area contributed by atoms with Gasteiger partial charge in [-0.05, 0) is 36.4 Å². The average molecular weight is 436 g/mol. The number of hydrogen-bond acceptors (Lipinski definition) is 6. The summed E-state index contributed by atoms with van der Waals surface area (Å²) >= 11 is 0. The largest absolute Gasteiger partial charge is 0.254 e. The molecule has 0 radical (unpaired) electrons. The summed E-state index contributed by atoms with van der Waals surface area (Å²) in [6.45, 7) is 0. The highest BCUT2D eigenvalue weighted by Gasteiger charge is 2.10. The van der Waals surface area contributed by atoms with Crippen molar-refractivity contribution >= 4 is 43.6 Å². The van der Waals surface area contributed by atoms with Gasteiger partial charge < -0.3 is 0 Å². The number of pyridine rings is 4. The van der Waals surface area contributed by atoms with Crippen molar-refractivity contribution in [2.24, 2.45) is 0 Å². The zero-order valence-corrected chi connectivity index (χ0v) is 17.9. The molecule has 0 spiro atoms. The van der Waals surface area contributed by atoms with Crippen LogP contribution in [0.1, 0.15) is 0 Å². The monoisotopic (exact) mass is 436 g/mol. The molecule has 0 aliphatic heterocycles. The van der Waals surface area contributed by atoms with Crippen LogP contribution >= 0.6 is 0 Å². The third-order valence-corrected chi connectivity index (χ3v) is 6.05. The first-order chi connectivity index (χ1) is 16.8. The Balaban J connectivity index is 1.31. The van der Waals surface area contributed by atoms with Crippen LogP contribution in [-0.2, 0) is 0 Å². The molecule has 0 atom stereocenters. The van der Waals surface area contributed by atoms with Crippen LogP contribution in [0.4, 0.5) is 0 Å². The van der Waals surface area contributed by atoms with E-state index in [1.807, 2.05) is 60.7 Å². The second-order valence-electron chi connectivity index (χ2n) is 8.12. The molecule has 0 N–H and O–H groups in total. The van der Waals surface area contributed by atoms with E-state index >= 15 is 0 Å². The molecule has 0 unspecified atom stereocenters. The Hall–Kier alpha value is -4.84. The molecule has 0 fully saturated rings. The molecule has 0 saturated carbocycles. The highest BCUT2D eigenvalue weighted by molar-refractivity contribution is 6.04. The molecule has 5 heterocycles. The quantitative estimate of drug-likeness (QED) is 0.309. The lowest BCUT2D eigenvalue weighted by Crippen LogP contribution is -1.95. The molecule has 2 aromatic carbocycles. The van der Waals surface area contributed by atoms with Crippen LogP contribution in [0.3, 0.4) is 0 Å². The van der Waals surface area contributed by atoms with Crippen LogP contribution < -0.4 is 0 Å². The molecule has 6 nitrogen and oxygen atoms in total. The van der Waals surface area contributed by atoms with E-state index in [0.29, 0.717) is 11.4 Å². The average Bonchev–Trinajstić information content (AvgIpc) is 2.92. The van der Waals surface area contributed by atoms with Crippen molar-refractivity contribution in [1.82, 2.24) is 30.1 Å². The minimum atomic E-state index is 0.700. The predicted octanol–water partition coefficient (Wildman–Crippen LogP) is 6.00. The molecule has 5 aromatic heterocycles. The summed E-state index contributed by atoms with van der Waals surface area (Å²) in [5.41, 5.74) is 6.39. The van der Waals surface area contributed by atoms with E-state index in [1.54, 1.807) is 12.4 Å². The lowest BCUT2D eigenvalue weighted by atomic mass is 10.1. The normalized spacial score (nSPS) is 11.5. The van der Waals surface area contributed by atoms with Crippen molar-refractivity contribution < 1.29 is 0 Å². The van der Waals surface area contributed by atoms with E-state index < -0.39 is 0 Å². The number of hydrogen-bond donors (Lipinski definition) is 0. The molecular formula is C28H16N6. The highest BCUT2D eigenvalue weighted by atomic mass is 15.1. The first-order valence-corrected chi connectivity index (χ1v) is 11.0.